The predicted molar refractivity (Wildman–Crippen MR) is 79.3 cm³/mol. The number of pyridine rings is 1. The van der Waals surface area contributed by atoms with Gasteiger partial charge in [0.05, 0.1) is 6.10 Å². The molecule has 0 radical (unpaired) electrons. The highest BCUT2D eigenvalue weighted by Crippen LogP contribution is 2.33. The molecule has 8 heteroatoms. The van der Waals surface area contributed by atoms with Crippen LogP contribution in [0.25, 0.3) is 5.65 Å². The highest BCUT2D eigenvalue weighted by Gasteiger charge is 2.15. The zero-order valence-corrected chi connectivity index (χ0v) is 12.4. The van der Waals surface area contributed by atoms with Gasteiger partial charge in [-0.15, -0.1) is 10.2 Å². The summed E-state index contributed by atoms with van der Waals surface area (Å²) in [6.45, 7) is 3.83. The van der Waals surface area contributed by atoms with Gasteiger partial charge < -0.3 is 10.5 Å². The molecule has 0 bridgehead atoms. The number of hydrogen-bond donors (Lipinski definition) is 1. The third-order valence-corrected chi connectivity index (χ3v) is 3.61. The molecule has 3 aromatic heterocycles. The van der Waals surface area contributed by atoms with Gasteiger partial charge in [0.15, 0.2) is 5.65 Å². The monoisotopic (exact) mass is 302 g/mol. The van der Waals surface area contributed by atoms with E-state index in [2.05, 4.69) is 20.2 Å². The molecule has 0 amide bonds. The molecule has 0 saturated heterocycles. The number of rotatable bonds is 4. The SMILES string of the molecule is CC(C)Oc1ncnc(Sc2nnc3ccccn23)c1N. The minimum absolute atomic E-state index is 0.00558. The van der Waals surface area contributed by atoms with Crippen LogP contribution < -0.4 is 10.5 Å². The fraction of sp³-hybridized carbons (Fsp3) is 0.231. The van der Waals surface area contributed by atoms with E-state index in [9.17, 15) is 0 Å². The van der Waals surface area contributed by atoms with Crippen LogP contribution >= 0.6 is 11.8 Å². The number of nitrogens with zero attached hydrogens (tertiary/aromatic N) is 5. The van der Waals surface area contributed by atoms with Gasteiger partial charge in [-0.3, -0.25) is 4.40 Å². The Kier molecular flexibility index (Phi) is 3.61. The van der Waals surface area contributed by atoms with E-state index in [4.69, 9.17) is 10.5 Å². The maximum absolute atomic E-state index is 6.06. The minimum atomic E-state index is -0.00558. The van der Waals surface area contributed by atoms with Gasteiger partial charge in [0.2, 0.25) is 11.0 Å². The van der Waals surface area contributed by atoms with Crippen LogP contribution in [0.4, 0.5) is 5.69 Å². The first-order valence-corrected chi connectivity index (χ1v) is 7.21. The topological polar surface area (TPSA) is 91.2 Å². The molecule has 3 heterocycles. The number of fused-ring (bicyclic) bond motifs is 1. The molecule has 21 heavy (non-hydrogen) atoms. The molecule has 0 aliphatic carbocycles. The number of hydrogen-bond acceptors (Lipinski definition) is 7. The highest BCUT2D eigenvalue weighted by atomic mass is 32.2. The summed E-state index contributed by atoms with van der Waals surface area (Å²) in [5.41, 5.74) is 7.24. The van der Waals surface area contributed by atoms with Crippen molar-refractivity contribution in [3.63, 3.8) is 0 Å². The fourth-order valence-electron chi connectivity index (χ4n) is 1.74. The van der Waals surface area contributed by atoms with Crippen molar-refractivity contribution < 1.29 is 4.74 Å². The summed E-state index contributed by atoms with van der Waals surface area (Å²) in [7, 11) is 0. The molecule has 0 aliphatic rings. The second kappa shape index (κ2) is 5.57. The molecule has 2 N–H and O–H groups in total. The average Bonchev–Trinajstić information content (AvgIpc) is 2.86. The number of nitrogen functional groups attached to an aromatic ring is 1. The summed E-state index contributed by atoms with van der Waals surface area (Å²) in [4.78, 5) is 8.25. The van der Waals surface area contributed by atoms with E-state index in [1.807, 2.05) is 42.6 Å². The van der Waals surface area contributed by atoms with E-state index in [1.54, 1.807) is 0 Å². The van der Waals surface area contributed by atoms with E-state index in [0.29, 0.717) is 21.7 Å². The molecule has 0 aliphatic heterocycles. The summed E-state index contributed by atoms with van der Waals surface area (Å²) in [6.07, 6.45) is 3.31. The van der Waals surface area contributed by atoms with E-state index >= 15 is 0 Å². The average molecular weight is 302 g/mol. The summed E-state index contributed by atoms with van der Waals surface area (Å²) < 4.78 is 7.43. The van der Waals surface area contributed by atoms with Crippen LogP contribution in [0.3, 0.4) is 0 Å². The van der Waals surface area contributed by atoms with Crippen LogP contribution in [0.1, 0.15) is 13.8 Å². The third-order valence-electron chi connectivity index (χ3n) is 2.63. The van der Waals surface area contributed by atoms with E-state index in [0.717, 1.165) is 5.65 Å². The molecule has 0 saturated carbocycles. The Hall–Kier alpha value is -2.35. The Morgan fingerprint density at radius 3 is 2.90 bits per heavy atom. The van der Waals surface area contributed by atoms with Gasteiger partial charge in [-0.1, -0.05) is 6.07 Å². The Balaban J connectivity index is 1.94. The van der Waals surface area contributed by atoms with Crippen LogP contribution in [0.15, 0.2) is 40.9 Å². The second-order valence-electron chi connectivity index (χ2n) is 4.58. The Bertz CT molecular complexity index is 772. The molecule has 7 nitrogen and oxygen atoms in total. The van der Waals surface area contributed by atoms with Crippen LogP contribution in [-0.4, -0.2) is 30.7 Å². The number of anilines is 1. The van der Waals surface area contributed by atoms with Crippen molar-refractivity contribution in [2.24, 2.45) is 0 Å². The maximum atomic E-state index is 6.06. The Morgan fingerprint density at radius 1 is 1.24 bits per heavy atom. The smallest absolute Gasteiger partial charge is 0.241 e. The van der Waals surface area contributed by atoms with Crippen LogP contribution in [-0.2, 0) is 0 Å². The van der Waals surface area contributed by atoms with Gasteiger partial charge in [0.25, 0.3) is 0 Å². The van der Waals surface area contributed by atoms with Gasteiger partial charge in [0.1, 0.15) is 17.0 Å². The number of nitrogens with two attached hydrogens (primary N) is 1. The Morgan fingerprint density at radius 2 is 2.10 bits per heavy atom. The molecule has 0 unspecified atom stereocenters. The van der Waals surface area contributed by atoms with Crippen molar-refractivity contribution in [2.45, 2.75) is 30.1 Å². The van der Waals surface area contributed by atoms with Crippen molar-refractivity contribution in [3.8, 4) is 5.88 Å². The van der Waals surface area contributed by atoms with E-state index in [1.165, 1.54) is 18.1 Å². The van der Waals surface area contributed by atoms with Gasteiger partial charge in [0, 0.05) is 6.20 Å². The molecule has 3 aromatic rings. The molecule has 0 aromatic carbocycles. The minimum Gasteiger partial charge on any atom is -0.473 e. The third kappa shape index (κ3) is 2.75. The molecule has 0 spiro atoms. The van der Waals surface area contributed by atoms with Crippen LogP contribution in [0.5, 0.6) is 5.88 Å². The predicted octanol–water partition coefficient (Wildman–Crippen LogP) is 2.04. The van der Waals surface area contributed by atoms with Crippen molar-refractivity contribution in [3.05, 3.63) is 30.7 Å². The maximum Gasteiger partial charge on any atom is 0.241 e. The lowest BCUT2D eigenvalue weighted by atomic mass is 10.4. The molecular formula is C13H14N6OS. The first kappa shape index (κ1) is 13.6. The van der Waals surface area contributed by atoms with Gasteiger partial charge in [-0.25, -0.2) is 4.98 Å². The van der Waals surface area contributed by atoms with Gasteiger partial charge >= 0.3 is 0 Å². The zero-order valence-electron chi connectivity index (χ0n) is 11.6. The summed E-state index contributed by atoms with van der Waals surface area (Å²) in [5.74, 6) is 0.385. The van der Waals surface area contributed by atoms with Gasteiger partial charge in [-0.05, 0) is 37.7 Å². The Labute approximate surface area is 125 Å². The second-order valence-corrected chi connectivity index (χ2v) is 5.53. The van der Waals surface area contributed by atoms with E-state index < -0.39 is 0 Å². The fourth-order valence-corrected chi connectivity index (χ4v) is 2.54. The van der Waals surface area contributed by atoms with Crippen LogP contribution in [0, 0.1) is 0 Å². The first-order chi connectivity index (χ1) is 10.1. The van der Waals surface area contributed by atoms with Crippen molar-refractivity contribution in [1.82, 2.24) is 24.6 Å². The number of aromatic nitrogens is 5. The quantitative estimate of drug-likeness (QED) is 0.737. The zero-order chi connectivity index (χ0) is 14.8. The normalized spacial score (nSPS) is 11.2. The van der Waals surface area contributed by atoms with Crippen molar-refractivity contribution >= 4 is 23.1 Å². The lowest BCUT2D eigenvalue weighted by Gasteiger charge is -2.11. The van der Waals surface area contributed by atoms with E-state index in [-0.39, 0.29) is 6.10 Å². The van der Waals surface area contributed by atoms with Crippen LogP contribution in [0.2, 0.25) is 0 Å². The molecule has 3 rings (SSSR count). The standard InChI is InChI=1S/C13H14N6OS/c1-8(2)20-11-10(14)12(16-7-15-11)21-13-18-17-9-5-3-4-6-19(9)13/h3-8H,14H2,1-2H3. The molecular weight excluding hydrogens is 288 g/mol. The summed E-state index contributed by atoms with van der Waals surface area (Å²) in [6, 6.07) is 5.71. The summed E-state index contributed by atoms with van der Waals surface area (Å²) in [5, 5.41) is 9.52. The highest BCUT2D eigenvalue weighted by molar-refractivity contribution is 7.99. The van der Waals surface area contributed by atoms with Crippen molar-refractivity contribution in [2.75, 3.05) is 5.73 Å². The largest absolute Gasteiger partial charge is 0.473 e. The molecule has 0 fully saturated rings. The lowest BCUT2D eigenvalue weighted by molar-refractivity contribution is 0.233. The summed E-state index contributed by atoms with van der Waals surface area (Å²) >= 11 is 1.32. The molecule has 108 valence electrons. The molecule has 0 atom stereocenters. The van der Waals surface area contributed by atoms with Crippen molar-refractivity contribution in [1.29, 1.82) is 0 Å². The number of ether oxygens (including phenoxy) is 1. The lowest BCUT2D eigenvalue weighted by Crippen LogP contribution is -2.10. The van der Waals surface area contributed by atoms with Gasteiger partial charge in [-0.2, -0.15) is 4.98 Å². The first-order valence-electron chi connectivity index (χ1n) is 6.40.